The molecular formula is C10H6ClF3N2. The predicted molar refractivity (Wildman–Crippen MR) is 54.3 cm³/mol. The van der Waals surface area contributed by atoms with Gasteiger partial charge in [0.25, 0.3) is 0 Å². The van der Waals surface area contributed by atoms with Crippen LogP contribution in [0.4, 0.5) is 13.2 Å². The van der Waals surface area contributed by atoms with Gasteiger partial charge in [0.1, 0.15) is 11.0 Å². The van der Waals surface area contributed by atoms with Crippen LogP contribution in [0.25, 0.3) is 10.9 Å². The summed E-state index contributed by atoms with van der Waals surface area (Å²) in [5, 5.41) is 0.246. The minimum atomic E-state index is -4.44. The lowest BCUT2D eigenvalue weighted by molar-refractivity contribution is -0.136. The monoisotopic (exact) mass is 246 g/mol. The summed E-state index contributed by atoms with van der Waals surface area (Å²) in [5.41, 5.74) is -0.954. The normalized spacial score (nSPS) is 12.1. The fourth-order valence-corrected chi connectivity index (χ4v) is 1.72. The molecule has 84 valence electrons. The molecular weight excluding hydrogens is 241 g/mol. The maximum Gasteiger partial charge on any atom is 0.418 e. The molecule has 6 heteroatoms. The second-order valence-corrected chi connectivity index (χ2v) is 3.62. The SMILES string of the molecule is Cc1nc(Cl)c2cccc(C(F)(F)F)c2n1. The standard InChI is InChI=1S/C10H6ClF3N2/c1-5-15-8-6(9(11)16-5)3-2-4-7(8)10(12,13)14/h2-4H,1H3. The molecule has 2 aromatic rings. The highest BCUT2D eigenvalue weighted by molar-refractivity contribution is 6.34. The molecule has 0 saturated carbocycles. The highest BCUT2D eigenvalue weighted by Crippen LogP contribution is 2.35. The maximum atomic E-state index is 12.7. The number of nitrogens with zero attached hydrogens (tertiary/aromatic N) is 2. The Labute approximate surface area is 94.1 Å². The molecule has 0 radical (unpaired) electrons. The highest BCUT2D eigenvalue weighted by Gasteiger charge is 2.33. The van der Waals surface area contributed by atoms with E-state index in [4.69, 9.17) is 11.6 Å². The van der Waals surface area contributed by atoms with Gasteiger partial charge in [-0.25, -0.2) is 9.97 Å². The summed E-state index contributed by atoms with van der Waals surface area (Å²) in [6.07, 6.45) is -4.44. The molecule has 0 fully saturated rings. The molecule has 0 bridgehead atoms. The van der Waals surface area contributed by atoms with Gasteiger partial charge in [0, 0.05) is 5.39 Å². The number of fused-ring (bicyclic) bond motifs is 1. The van der Waals surface area contributed by atoms with E-state index in [1.165, 1.54) is 19.1 Å². The van der Waals surface area contributed by atoms with E-state index in [9.17, 15) is 13.2 Å². The van der Waals surface area contributed by atoms with Gasteiger partial charge < -0.3 is 0 Å². The molecule has 0 saturated heterocycles. The number of hydrogen-bond donors (Lipinski definition) is 0. The first-order valence-corrected chi connectivity index (χ1v) is 4.77. The lowest BCUT2D eigenvalue weighted by atomic mass is 10.1. The van der Waals surface area contributed by atoms with Crippen molar-refractivity contribution >= 4 is 22.5 Å². The molecule has 0 spiro atoms. The highest BCUT2D eigenvalue weighted by atomic mass is 35.5. The van der Waals surface area contributed by atoms with Crippen LogP contribution < -0.4 is 0 Å². The van der Waals surface area contributed by atoms with Crippen LogP contribution in [0, 0.1) is 6.92 Å². The zero-order valence-electron chi connectivity index (χ0n) is 8.14. The van der Waals surface area contributed by atoms with E-state index >= 15 is 0 Å². The van der Waals surface area contributed by atoms with Crippen molar-refractivity contribution in [2.24, 2.45) is 0 Å². The summed E-state index contributed by atoms with van der Waals surface area (Å²) in [5.74, 6) is 0.217. The lowest BCUT2D eigenvalue weighted by Crippen LogP contribution is -2.07. The van der Waals surface area contributed by atoms with E-state index in [2.05, 4.69) is 9.97 Å². The summed E-state index contributed by atoms with van der Waals surface area (Å²) >= 11 is 5.77. The van der Waals surface area contributed by atoms with Gasteiger partial charge in [-0.2, -0.15) is 13.2 Å². The summed E-state index contributed by atoms with van der Waals surface area (Å²) < 4.78 is 38.0. The third kappa shape index (κ3) is 1.82. The van der Waals surface area contributed by atoms with Crippen molar-refractivity contribution < 1.29 is 13.2 Å². The minimum absolute atomic E-state index is 0.0357. The zero-order chi connectivity index (χ0) is 11.9. The fraction of sp³-hybridized carbons (Fsp3) is 0.200. The van der Waals surface area contributed by atoms with Crippen molar-refractivity contribution in [3.8, 4) is 0 Å². The van der Waals surface area contributed by atoms with Crippen molar-refractivity contribution in [3.05, 3.63) is 34.7 Å². The number of halogens is 4. The van der Waals surface area contributed by atoms with Crippen molar-refractivity contribution in [3.63, 3.8) is 0 Å². The quantitative estimate of drug-likeness (QED) is 0.664. The van der Waals surface area contributed by atoms with Crippen LogP contribution in [0.3, 0.4) is 0 Å². The van der Waals surface area contributed by atoms with E-state index in [0.717, 1.165) is 6.07 Å². The molecule has 0 aliphatic rings. The van der Waals surface area contributed by atoms with Crippen molar-refractivity contribution in [2.45, 2.75) is 13.1 Å². The van der Waals surface area contributed by atoms with Gasteiger partial charge in [0.2, 0.25) is 0 Å². The van der Waals surface area contributed by atoms with Crippen LogP contribution in [-0.4, -0.2) is 9.97 Å². The van der Waals surface area contributed by atoms with Crippen molar-refractivity contribution in [1.29, 1.82) is 0 Å². The average Bonchev–Trinajstić information content (AvgIpc) is 2.15. The summed E-state index contributed by atoms with van der Waals surface area (Å²) in [7, 11) is 0. The summed E-state index contributed by atoms with van der Waals surface area (Å²) in [6.45, 7) is 1.50. The molecule has 0 N–H and O–H groups in total. The van der Waals surface area contributed by atoms with E-state index in [1.807, 2.05) is 0 Å². The first-order chi connectivity index (χ1) is 7.39. The summed E-state index contributed by atoms with van der Waals surface area (Å²) in [4.78, 5) is 7.60. The molecule has 0 aliphatic carbocycles. The third-order valence-corrected chi connectivity index (χ3v) is 2.39. The van der Waals surface area contributed by atoms with Crippen LogP contribution in [0.5, 0.6) is 0 Å². The number of aryl methyl sites for hydroxylation is 1. The number of hydrogen-bond acceptors (Lipinski definition) is 2. The third-order valence-electron chi connectivity index (χ3n) is 2.10. The van der Waals surface area contributed by atoms with E-state index < -0.39 is 11.7 Å². The Morgan fingerprint density at radius 1 is 1.19 bits per heavy atom. The van der Waals surface area contributed by atoms with Crippen molar-refractivity contribution in [2.75, 3.05) is 0 Å². The Bertz CT molecular complexity index is 551. The number of benzene rings is 1. The molecule has 1 heterocycles. The lowest BCUT2D eigenvalue weighted by Gasteiger charge is -2.10. The van der Waals surface area contributed by atoms with Crippen molar-refractivity contribution in [1.82, 2.24) is 9.97 Å². The van der Waals surface area contributed by atoms with Gasteiger partial charge in [0.15, 0.2) is 0 Å². The average molecular weight is 247 g/mol. The number of alkyl halides is 3. The van der Waals surface area contributed by atoms with Gasteiger partial charge in [-0.05, 0) is 19.1 Å². The first kappa shape index (κ1) is 11.1. The van der Waals surface area contributed by atoms with Gasteiger partial charge >= 0.3 is 6.18 Å². The minimum Gasteiger partial charge on any atom is -0.232 e. The Kier molecular flexibility index (Phi) is 2.50. The Morgan fingerprint density at radius 2 is 1.88 bits per heavy atom. The fourth-order valence-electron chi connectivity index (χ4n) is 1.45. The maximum absolute atomic E-state index is 12.7. The molecule has 16 heavy (non-hydrogen) atoms. The molecule has 1 aromatic carbocycles. The van der Waals surface area contributed by atoms with Crippen LogP contribution in [0.1, 0.15) is 11.4 Å². The predicted octanol–water partition coefficient (Wildman–Crippen LogP) is 3.61. The van der Waals surface area contributed by atoms with Crippen LogP contribution in [0.15, 0.2) is 18.2 Å². The Hall–Kier alpha value is -1.36. The molecule has 0 aliphatic heterocycles. The molecule has 0 unspecified atom stereocenters. The van der Waals surface area contributed by atoms with E-state index in [1.54, 1.807) is 0 Å². The molecule has 1 aromatic heterocycles. The molecule has 0 atom stereocenters. The zero-order valence-corrected chi connectivity index (χ0v) is 8.89. The molecule has 2 rings (SSSR count). The summed E-state index contributed by atoms with van der Waals surface area (Å²) in [6, 6.07) is 3.73. The van der Waals surface area contributed by atoms with Crippen LogP contribution in [0.2, 0.25) is 5.15 Å². The van der Waals surface area contributed by atoms with Gasteiger partial charge in [-0.15, -0.1) is 0 Å². The second kappa shape index (κ2) is 3.59. The van der Waals surface area contributed by atoms with E-state index in [0.29, 0.717) is 0 Å². The molecule has 2 nitrogen and oxygen atoms in total. The second-order valence-electron chi connectivity index (χ2n) is 3.26. The van der Waals surface area contributed by atoms with Gasteiger partial charge in [0.05, 0.1) is 11.1 Å². The Morgan fingerprint density at radius 3 is 2.50 bits per heavy atom. The number of rotatable bonds is 0. The van der Waals surface area contributed by atoms with Crippen LogP contribution >= 0.6 is 11.6 Å². The Balaban J connectivity index is 2.87. The number of para-hydroxylation sites is 1. The smallest absolute Gasteiger partial charge is 0.232 e. The topological polar surface area (TPSA) is 25.8 Å². The first-order valence-electron chi connectivity index (χ1n) is 4.39. The van der Waals surface area contributed by atoms with E-state index in [-0.39, 0.29) is 21.9 Å². The van der Waals surface area contributed by atoms with Gasteiger partial charge in [-0.1, -0.05) is 17.7 Å². The molecule has 0 amide bonds. The number of aromatic nitrogens is 2. The largest absolute Gasteiger partial charge is 0.418 e. The van der Waals surface area contributed by atoms with Gasteiger partial charge in [-0.3, -0.25) is 0 Å². The van der Waals surface area contributed by atoms with Crippen LogP contribution in [-0.2, 0) is 6.18 Å².